The van der Waals surface area contributed by atoms with E-state index in [-0.39, 0.29) is 5.91 Å². The number of fused-ring (bicyclic) bond motifs is 1. The first-order valence-corrected chi connectivity index (χ1v) is 9.75. The van der Waals surface area contributed by atoms with Crippen molar-refractivity contribution in [2.45, 2.75) is 13.5 Å². The molecule has 8 nitrogen and oxygen atoms in total. The van der Waals surface area contributed by atoms with Gasteiger partial charge in [0.25, 0.3) is 5.91 Å². The van der Waals surface area contributed by atoms with E-state index in [0.29, 0.717) is 40.8 Å². The molecule has 0 atom stereocenters. The van der Waals surface area contributed by atoms with Gasteiger partial charge in [0.05, 0.1) is 39.1 Å². The van der Waals surface area contributed by atoms with Gasteiger partial charge in [-0.15, -0.1) is 0 Å². The fourth-order valence-corrected chi connectivity index (χ4v) is 3.57. The summed E-state index contributed by atoms with van der Waals surface area (Å²) in [6, 6.07) is 15.3. The number of methoxy groups -OCH3 is 3. The van der Waals surface area contributed by atoms with Crippen molar-refractivity contribution in [2.24, 2.45) is 0 Å². The van der Waals surface area contributed by atoms with Crippen LogP contribution in [0, 0.1) is 6.92 Å². The first-order valence-electron chi connectivity index (χ1n) is 9.75. The van der Waals surface area contributed by atoms with Crippen molar-refractivity contribution in [1.82, 2.24) is 14.8 Å². The van der Waals surface area contributed by atoms with Crippen LogP contribution in [0.1, 0.15) is 21.7 Å². The number of H-pyrrole nitrogens is 1. The number of nitrogens with zero attached hydrogens (tertiary/aromatic N) is 2. The molecule has 2 aromatic heterocycles. The van der Waals surface area contributed by atoms with E-state index < -0.39 is 0 Å². The zero-order valence-electron chi connectivity index (χ0n) is 17.9. The molecule has 0 saturated carbocycles. The maximum atomic E-state index is 13.1. The Morgan fingerprint density at radius 1 is 1.03 bits per heavy atom. The van der Waals surface area contributed by atoms with Crippen LogP contribution in [0.3, 0.4) is 0 Å². The number of ether oxygens (including phenoxy) is 3. The second kappa shape index (κ2) is 8.43. The quantitative estimate of drug-likeness (QED) is 0.472. The zero-order chi connectivity index (χ0) is 22.0. The number of amides is 1. The number of aryl methyl sites for hydroxylation is 1. The van der Waals surface area contributed by atoms with Crippen molar-refractivity contribution < 1.29 is 19.0 Å². The average Bonchev–Trinajstić information content (AvgIpc) is 3.37. The highest BCUT2D eigenvalue weighted by molar-refractivity contribution is 6.07. The van der Waals surface area contributed by atoms with Crippen LogP contribution in [-0.2, 0) is 6.54 Å². The lowest BCUT2D eigenvalue weighted by Gasteiger charge is -2.11. The molecule has 0 aliphatic heterocycles. The maximum Gasteiger partial charge on any atom is 0.273 e. The summed E-state index contributed by atoms with van der Waals surface area (Å²) in [4.78, 5) is 16.2. The summed E-state index contributed by atoms with van der Waals surface area (Å²) in [6.45, 7) is 2.44. The highest BCUT2D eigenvalue weighted by atomic mass is 16.5. The molecule has 4 rings (SSSR count). The molecule has 0 unspecified atom stereocenters. The van der Waals surface area contributed by atoms with Crippen molar-refractivity contribution in [3.63, 3.8) is 0 Å². The molecule has 160 valence electrons. The molecule has 0 aliphatic carbocycles. The van der Waals surface area contributed by atoms with Gasteiger partial charge < -0.3 is 24.5 Å². The molecular formula is C23H24N4O4. The standard InChI is InChI=1S/C23H24N4O4/c1-14-10-20(27(26-14)13-15-8-6-5-7-9-15)25-23(28)17-11-16-18(29-2)12-19(30-3)22(31-4)21(16)24-17/h5-12,24H,13H2,1-4H3,(H,25,28). The molecule has 0 radical (unpaired) electrons. The fourth-order valence-electron chi connectivity index (χ4n) is 3.57. The number of hydrogen-bond acceptors (Lipinski definition) is 5. The van der Waals surface area contributed by atoms with E-state index in [2.05, 4.69) is 15.4 Å². The Morgan fingerprint density at radius 2 is 1.77 bits per heavy atom. The number of aromatic amines is 1. The van der Waals surface area contributed by atoms with E-state index in [1.54, 1.807) is 38.1 Å². The smallest absolute Gasteiger partial charge is 0.273 e. The molecule has 0 bridgehead atoms. The number of rotatable bonds is 7. The summed E-state index contributed by atoms with van der Waals surface area (Å²) < 4.78 is 18.1. The van der Waals surface area contributed by atoms with E-state index >= 15 is 0 Å². The van der Waals surface area contributed by atoms with Crippen LogP contribution in [0.2, 0.25) is 0 Å². The van der Waals surface area contributed by atoms with Gasteiger partial charge in [0.15, 0.2) is 11.5 Å². The first-order chi connectivity index (χ1) is 15.0. The summed E-state index contributed by atoms with van der Waals surface area (Å²) in [5.74, 6) is 1.91. The molecule has 2 heterocycles. The molecular weight excluding hydrogens is 396 g/mol. The fraction of sp³-hybridized carbons (Fsp3) is 0.217. The second-order valence-electron chi connectivity index (χ2n) is 7.05. The van der Waals surface area contributed by atoms with E-state index in [9.17, 15) is 4.79 Å². The minimum absolute atomic E-state index is 0.298. The van der Waals surface area contributed by atoms with Crippen LogP contribution in [0.4, 0.5) is 5.82 Å². The summed E-state index contributed by atoms with van der Waals surface area (Å²) >= 11 is 0. The van der Waals surface area contributed by atoms with Gasteiger partial charge in [-0.3, -0.25) is 4.79 Å². The molecule has 0 aliphatic rings. The third kappa shape index (κ3) is 3.92. The topological polar surface area (TPSA) is 90.4 Å². The van der Waals surface area contributed by atoms with Crippen LogP contribution in [0.5, 0.6) is 17.2 Å². The number of carbonyl (C=O) groups excluding carboxylic acids is 1. The SMILES string of the molecule is COc1cc(OC)c2cc(C(=O)Nc3cc(C)nn3Cc3ccccc3)[nH]c2c1OC. The van der Waals surface area contributed by atoms with Crippen LogP contribution in [-0.4, -0.2) is 42.0 Å². The highest BCUT2D eigenvalue weighted by Gasteiger charge is 2.20. The predicted octanol–water partition coefficient (Wildman–Crippen LogP) is 4.00. The number of hydrogen-bond donors (Lipinski definition) is 2. The van der Waals surface area contributed by atoms with Gasteiger partial charge in [0, 0.05) is 17.5 Å². The number of benzene rings is 2. The lowest BCUT2D eigenvalue weighted by atomic mass is 10.2. The molecule has 2 aromatic carbocycles. The Bertz CT molecular complexity index is 1230. The molecule has 4 aromatic rings. The number of anilines is 1. The predicted molar refractivity (Wildman–Crippen MR) is 118 cm³/mol. The first kappa shape index (κ1) is 20.3. The lowest BCUT2D eigenvalue weighted by Crippen LogP contribution is -2.16. The molecule has 31 heavy (non-hydrogen) atoms. The summed E-state index contributed by atoms with van der Waals surface area (Å²) in [7, 11) is 4.67. The lowest BCUT2D eigenvalue weighted by molar-refractivity contribution is 0.102. The second-order valence-corrected chi connectivity index (χ2v) is 7.05. The van der Waals surface area contributed by atoms with Crippen LogP contribution in [0.25, 0.3) is 10.9 Å². The third-order valence-electron chi connectivity index (χ3n) is 5.00. The summed E-state index contributed by atoms with van der Waals surface area (Å²) in [5, 5.41) is 8.18. The van der Waals surface area contributed by atoms with Crippen molar-refractivity contribution >= 4 is 22.6 Å². The Morgan fingerprint density at radius 3 is 2.45 bits per heavy atom. The van der Waals surface area contributed by atoms with Gasteiger partial charge in [0.1, 0.15) is 17.3 Å². The minimum atomic E-state index is -0.298. The zero-order valence-corrected chi connectivity index (χ0v) is 17.9. The Kier molecular flexibility index (Phi) is 5.53. The normalized spacial score (nSPS) is 10.8. The van der Waals surface area contributed by atoms with Gasteiger partial charge in [0.2, 0.25) is 0 Å². The summed E-state index contributed by atoms with van der Waals surface area (Å²) in [6.07, 6.45) is 0. The molecule has 1 amide bonds. The van der Waals surface area contributed by atoms with E-state index in [1.165, 1.54) is 0 Å². The monoisotopic (exact) mass is 420 g/mol. The molecule has 8 heteroatoms. The van der Waals surface area contributed by atoms with Crippen molar-refractivity contribution in [3.05, 3.63) is 65.5 Å². The van der Waals surface area contributed by atoms with Gasteiger partial charge in [-0.25, -0.2) is 4.68 Å². The maximum absolute atomic E-state index is 13.1. The highest BCUT2D eigenvalue weighted by Crippen LogP contribution is 2.41. The Hall–Kier alpha value is -3.94. The molecule has 2 N–H and O–H groups in total. The number of nitrogens with one attached hydrogen (secondary N) is 2. The van der Waals surface area contributed by atoms with Gasteiger partial charge in [-0.2, -0.15) is 5.10 Å². The number of carbonyl (C=O) groups is 1. The molecule has 0 saturated heterocycles. The van der Waals surface area contributed by atoms with Crippen molar-refractivity contribution in [3.8, 4) is 17.2 Å². The average molecular weight is 420 g/mol. The van der Waals surface area contributed by atoms with Crippen LogP contribution in [0.15, 0.2) is 48.5 Å². The van der Waals surface area contributed by atoms with Crippen molar-refractivity contribution in [1.29, 1.82) is 0 Å². The van der Waals surface area contributed by atoms with E-state index in [0.717, 1.165) is 16.6 Å². The largest absolute Gasteiger partial charge is 0.496 e. The Labute approximate surface area is 179 Å². The van der Waals surface area contributed by atoms with Crippen molar-refractivity contribution in [2.75, 3.05) is 26.6 Å². The molecule has 0 fully saturated rings. The van der Waals surface area contributed by atoms with Gasteiger partial charge >= 0.3 is 0 Å². The van der Waals surface area contributed by atoms with Gasteiger partial charge in [-0.05, 0) is 18.6 Å². The molecule has 0 spiro atoms. The minimum Gasteiger partial charge on any atom is -0.496 e. The number of aromatic nitrogens is 3. The van der Waals surface area contributed by atoms with Crippen LogP contribution < -0.4 is 19.5 Å². The van der Waals surface area contributed by atoms with Crippen LogP contribution >= 0.6 is 0 Å². The van der Waals surface area contributed by atoms with E-state index in [1.807, 2.05) is 43.3 Å². The third-order valence-corrected chi connectivity index (χ3v) is 5.00. The summed E-state index contributed by atoms with van der Waals surface area (Å²) in [5.41, 5.74) is 2.90. The Balaban J connectivity index is 1.67. The van der Waals surface area contributed by atoms with E-state index in [4.69, 9.17) is 14.2 Å². The van der Waals surface area contributed by atoms with Gasteiger partial charge in [-0.1, -0.05) is 30.3 Å².